The summed E-state index contributed by atoms with van der Waals surface area (Å²) >= 11 is 0. The van der Waals surface area contributed by atoms with Crippen LogP contribution in [0.5, 0.6) is 0 Å². The van der Waals surface area contributed by atoms with E-state index in [1.165, 1.54) is 6.42 Å². The zero-order valence-corrected chi connectivity index (χ0v) is 11.5. The third-order valence-corrected chi connectivity index (χ3v) is 3.90. The van der Waals surface area contributed by atoms with Crippen molar-refractivity contribution >= 4 is 5.91 Å². The minimum atomic E-state index is -0.0656. The number of aromatic nitrogens is 1. The smallest absolute Gasteiger partial charge is 0.225 e. The molecular formula is C15H23N3O. The summed E-state index contributed by atoms with van der Waals surface area (Å²) < 4.78 is 0. The average Bonchev–Trinajstić information content (AvgIpc) is 2.64. The molecule has 0 spiro atoms. The molecule has 1 heterocycles. The van der Waals surface area contributed by atoms with Crippen LogP contribution < -0.4 is 11.1 Å². The van der Waals surface area contributed by atoms with Crippen molar-refractivity contribution in [2.45, 2.75) is 51.1 Å². The molecule has 1 saturated carbocycles. The highest BCUT2D eigenvalue weighted by atomic mass is 16.2. The molecule has 0 radical (unpaired) electrons. The van der Waals surface area contributed by atoms with Crippen molar-refractivity contribution in [2.24, 2.45) is 11.7 Å². The molecule has 3 atom stereocenters. The first-order valence-corrected chi connectivity index (χ1v) is 7.15. The van der Waals surface area contributed by atoms with Gasteiger partial charge in [-0.05, 0) is 31.9 Å². The molecule has 2 unspecified atom stereocenters. The van der Waals surface area contributed by atoms with E-state index >= 15 is 0 Å². The zero-order chi connectivity index (χ0) is 13.7. The van der Waals surface area contributed by atoms with Crippen LogP contribution >= 0.6 is 0 Å². The minimum absolute atomic E-state index is 0.00145. The Labute approximate surface area is 114 Å². The molecule has 3 N–H and O–H groups in total. The van der Waals surface area contributed by atoms with Gasteiger partial charge in [-0.25, -0.2) is 0 Å². The van der Waals surface area contributed by atoms with Gasteiger partial charge in [-0.3, -0.25) is 9.78 Å². The molecule has 2 rings (SSSR count). The summed E-state index contributed by atoms with van der Waals surface area (Å²) in [5.41, 5.74) is 7.00. The van der Waals surface area contributed by atoms with Gasteiger partial charge in [0.1, 0.15) is 0 Å². The van der Waals surface area contributed by atoms with E-state index in [9.17, 15) is 4.79 Å². The number of pyridine rings is 1. The largest absolute Gasteiger partial charge is 0.348 e. The second-order valence-corrected chi connectivity index (χ2v) is 5.39. The number of nitrogens with one attached hydrogen (secondary N) is 1. The van der Waals surface area contributed by atoms with E-state index in [1.54, 1.807) is 6.20 Å². The molecule has 19 heavy (non-hydrogen) atoms. The molecular weight excluding hydrogens is 238 g/mol. The second-order valence-electron chi connectivity index (χ2n) is 5.39. The van der Waals surface area contributed by atoms with Crippen LogP contribution in [0, 0.1) is 5.92 Å². The quantitative estimate of drug-likeness (QED) is 0.819. The fourth-order valence-corrected chi connectivity index (χ4v) is 2.69. The van der Waals surface area contributed by atoms with E-state index in [1.807, 2.05) is 25.1 Å². The third-order valence-electron chi connectivity index (χ3n) is 3.90. The molecule has 1 amide bonds. The van der Waals surface area contributed by atoms with Gasteiger partial charge in [0.05, 0.1) is 17.7 Å². The Morgan fingerprint density at radius 3 is 2.89 bits per heavy atom. The van der Waals surface area contributed by atoms with Gasteiger partial charge in [0.25, 0.3) is 0 Å². The van der Waals surface area contributed by atoms with Crippen LogP contribution in [-0.2, 0) is 4.79 Å². The molecule has 4 nitrogen and oxygen atoms in total. The molecule has 1 fully saturated rings. The van der Waals surface area contributed by atoms with Gasteiger partial charge in [0.15, 0.2) is 0 Å². The van der Waals surface area contributed by atoms with Gasteiger partial charge in [-0.1, -0.05) is 25.3 Å². The van der Waals surface area contributed by atoms with Crippen LogP contribution in [0.15, 0.2) is 24.4 Å². The van der Waals surface area contributed by atoms with E-state index in [4.69, 9.17) is 5.73 Å². The highest BCUT2D eigenvalue weighted by Gasteiger charge is 2.27. The first-order valence-electron chi connectivity index (χ1n) is 7.15. The number of carbonyl (C=O) groups excluding carboxylic acids is 1. The van der Waals surface area contributed by atoms with Crippen molar-refractivity contribution in [1.82, 2.24) is 10.3 Å². The highest BCUT2D eigenvalue weighted by Crippen LogP contribution is 2.23. The predicted octanol–water partition coefficient (Wildman–Crippen LogP) is 2.17. The Morgan fingerprint density at radius 2 is 2.16 bits per heavy atom. The fourth-order valence-electron chi connectivity index (χ4n) is 2.69. The first-order chi connectivity index (χ1) is 9.18. The summed E-state index contributed by atoms with van der Waals surface area (Å²) in [5.74, 6) is 0.0289. The first kappa shape index (κ1) is 14.0. The summed E-state index contributed by atoms with van der Waals surface area (Å²) in [6, 6.07) is 5.67. The van der Waals surface area contributed by atoms with Gasteiger partial charge >= 0.3 is 0 Å². The molecule has 0 saturated heterocycles. The molecule has 0 bridgehead atoms. The molecule has 1 aliphatic carbocycles. The standard InChI is InChI=1S/C15H23N3O/c1-11(14-9-5-6-10-17-14)18-15(19)12-7-3-2-4-8-13(12)16/h5-6,9-13H,2-4,7-8,16H2,1H3,(H,18,19)/t11-,12?,13?/m0/s1. The van der Waals surface area contributed by atoms with Crippen LogP contribution in [0.2, 0.25) is 0 Å². The van der Waals surface area contributed by atoms with E-state index in [0.717, 1.165) is 31.4 Å². The molecule has 0 aromatic carbocycles. The number of nitrogens with zero attached hydrogens (tertiary/aromatic N) is 1. The van der Waals surface area contributed by atoms with Gasteiger partial charge in [0, 0.05) is 12.2 Å². The van der Waals surface area contributed by atoms with Crippen LogP contribution in [0.4, 0.5) is 0 Å². The number of carbonyl (C=O) groups is 1. The van der Waals surface area contributed by atoms with Crippen LogP contribution in [0.1, 0.15) is 50.8 Å². The molecule has 4 heteroatoms. The summed E-state index contributed by atoms with van der Waals surface area (Å²) in [6.45, 7) is 1.96. The molecule has 0 aliphatic heterocycles. The van der Waals surface area contributed by atoms with Gasteiger partial charge in [-0.2, -0.15) is 0 Å². The number of rotatable bonds is 3. The van der Waals surface area contributed by atoms with Gasteiger partial charge < -0.3 is 11.1 Å². The summed E-state index contributed by atoms with van der Waals surface area (Å²) in [6.07, 6.45) is 7.03. The summed E-state index contributed by atoms with van der Waals surface area (Å²) in [4.78, 5) is 16.6. The Balaban J connectivity index is 1.96. The van der Waals surface area contributed by atoms with Crippen molar-refractivity contribution < 1.29 is 4.79 Å². The predicted molar refractivity (Wildman–Crippen MR) is 75.3 cm³/mol. The maximum Gasteiger partial charge on any atom is 0.225 e. The zero-order valence-electron chi connectivity index (χ0n) is 11.5. The van der Waals surface area contributed by atoms with Crippen LogP contribution in [0.3, 0.4) is 0 Å². The minimum Gasteiger partial charge on any atom is -0.348 e. The molecule has 1 aromatic heterocycles. The van der Waals surface area contributed by atoms with E-state index in [-0.39, 0.29) is 23.9 Å². The lowest BCUT2D eigenvalue weighted by Crippen LogP contribution is -2.42. The Bertz CT molecular complexity index is 407. The maximum atomic E-state index is 12.3. The number of hydrogen-bond acceptors (Lipinski definition) is 3. The van der Waals surface area contributed by atoms with Crippen LogP contribution in [0.25, 0.3) is 0 Å². The van der Waals surface area contributed by atoms with Gasteiger partial charge in [0.2, 0.25) is 5.91 Å². The van der Waals surface area contributed by atoms with E-state index in [2.05, 4.69) is 10.3 Å². The molecule has 1 aliphatic rings. The number of amides is 1. The lowest BCUT2D eigenvalue weighted by Gasteiger charge is -2.23. The SMILES string of the molecule is C[C@H](NC(=O)C1CCCCCC1N)c1ccccn1. The normalized spacial score (nSPS) is 25.4. The van der Waals surface area contributed by atoms with Crippen molar-refractivity contribution in [3.05, 3.63) is 30.1 Å². The Kier molecular flexibility index (Phi) is 4.91. The molecule has 1 aromatic rings. The average molecular weight is 261 g/mol. The third kappa shape index (κ3) is 3.77. The second kappa shape index (κ2) is 6.66. The lowest BCUT2D eigenvalue weighted by molar-refractivity contribution is -0.126. The Morgan fingerprint density at radius 1 is 1.37 bits per heavy atom. The lowest BCUT2D eigenvalue weighted by atomic mass is 9.94. The van der Waals surface area contributed by atoms with E-state index in [0.29, 0.717) is 0 Å². The number of nitrogens with two attached hydrogens (primary N) is 1. The van der Waals surface area contributed by atoms with Crippen molar-refractivity contribution in [3.63, 3.8) is 0 Å². The van der Waals surface area contributed by atoms with Gasteiger partial charge in [-0.15, -0.1) is 0 Å². The summed E-state index contributed by atoms with van der Waals surface area (Å²) in [5, 5.41) is 3.04. The van der Waals surface area contributed by atoms with Crippen molar-refractivity contribution in [2.75, 3.05) is 0 Å². The topological polar surface area (TPSA) is 68.0 Å². The maximum absolute atomic E-state index is 12.3. The molecule has 104 valence electrons. The number of hydrogen-bond donors (Lipinski definition) is 2. The van der Waals surface area contributed by atoms with Crippen molar-refractivity contribution in [1.29, 1.82) is 0 Å². The van der Waals surface area contributed by atoms with Crippen molar-refractivity contribution in [3.8, 4) is 0 Å². The van der Waals surface area contributed by atoms with E-state index < -0.39 is 0 Å². The van der Waals surface area contributed by atoms with Crippen LogP contribution in [-0.4, -0.2) is 16.9 Å². The highest BCUT2D eigenvalue weighted by molar-refractivity contribution is 5.79. The summed E-state index contributed by atoms with van der Waals surface area (Å²) in [7, 11) is 0. The monoisotopic (exact) mass is 261 g/mol. The Hall–Kier alpha value is -1.42. The fraction of sp³-hybridized carbons (Fsp3) is 0.600.